The van der Waals surface area contributed by atoms with Gasteiger partial charge in [-0.3, -0.25) is 9.59 Å². The predicted octanol–water partition coefficient (Wildman–Crippen LogP) is 3.22. The highest BCUT2D eigenvalue weighted by molar-refractivity contribution is 7.89. The van der Waals surface area contributed by atoms with Crippen LogP contribution in [0.1, 0.15) is 34.0 Å². The number of piperidine rings is 1. The van der Waals surface area contributed by atoms with Crippen LogP contribution in [0.25, 0.3) is 0 Å². The second kappa shape index (κ2) is 8.28. The molecule has 0 radical (unpaired) electrons. The Morgan fingerprint density at radius 1 is 0.939 bits per heavy atom. The molecule has 3 aromatic rings. The third-order valence-corrected chi connectivity index (χ3v) is 8.43. The number of fused-ring (bicyclic) bond motifs is 4. The van der Waals surface area contributed by atoms with E-state index in [0.29, 0.717) is 30.9 Å². The minimum Gasteiger partial charge on any atom is -0.322 e. The van der Waals surface area contributed by atoms with Gasteiger partial charge in [0, 0.05) is 48.6 Å². The van der Waals surface area contributed by atoms with Gasteiger partial charge in [0.25, 0.3) is 11.5 Å². The second-order valence-corrected chi connectivity index (χ2v) is 10.8. The molecule has 0 saturated carbocycles. The van der Waals surface area contributed by atoms with Crippen molar-refractivity contribution in [3.63, 3.8) is 0 Å². The minimum atomic E-state index is -3.69. The Balaban J connectivity index is 1.34. The lowest BCUT2D eigenvalue weighted by atomic mass is 9.84. The molecule has 8 heteroatoms. The maximum Gasteiger partial charge on any atom is 0.255 e. The van der Waals surface area contributed by atoms with Crippen LogP contribution in [0.15, 0.2) is 76.4 Å². The molecule has 2 aromatic carbocycles. The fourth-order valence-corrected chi connectivity index (χ4v) is 6.50. The van der Waals surface area contributed by atoms with Crippen molar-refractivity contribution in [2.45, 2.75) is 30.7 Å². The Hall–Kier alpha value is -3.23. The summed E-state index contributed by atoms with van der Waals surface area (Å²) in [6, 6.07) is 18.8. The molecule has 1 N–H and O–H groups in total. The molecule has 3 heterocycles. The Kier molecular flexibility index (Phi) is 5.42. The van der Waals surface area contributed by atoms with Crippen LogP contribution in [-0.2, 0) is 16.6 Å². The topological polar surface area (TPSA) is 88.5 Å². The van der Waals surface area contributed by atoms with Gasteiger partial charge in [-0.15, -0.1) is 0 Å². The summed E-state index contributed by atoms with van der Waals surface area (Å²) in [6.45, 7) is 3.16. The Morgan fingerprint density at radius 2 is 1.70 bits per heavy atom. The summed E-state index contributed by atoms with van der Waals surface area (Å²) in [5.41, 5.74) is 2.86. The fourth-order valence-electron chi connectivity index (χ4n) is 4.93. The van der Waals surface area contributed by atoms with Gasteiger partial charge < -0.3 is 9.88 Å². The SMILES string of the molecule is Cc1ccccc1C(=O)Nc1ccc(S(=O)(=O)N2C[C@@H]3C[C@@H](C2)c2cccc(=O)n2C3)cc1. The fraction of sp³-hybridized carbons (Fsp3) is 0.280. The quantitative estimate of drug-likeness (QED) is 0.644. The van der Waals surface area contributed by atoms with Crippen molar-refractivity contribution >= 4 is 21.6 Å². The largest absolute Gasteiger partial charge is 0.322 e. The number of sulfonamides is 1. The molecule has 170 valence electrons. The van der Waals surface area contributed by atoms with Gasteiger partial charge in [-0.25, -0.2) is 8.42 Å². The monoisotopic (exact) mass is 463 g/mol. The number of hydrogen-bond donors (Lipinski definition) is 1. The zero-order valence-corrected chi connectivity index (χ0v) is 19.1. The summed E-state index contributed by atoms with van der Waals surface area (Å²) < 4.78 is 30.1. The average Bonchev–Trinajstić information content (AvgIpc) is 2.80. The van der Waals surface area contributed by atoms with Crippen LogP contribution in [0, 0.1) is 12.8 Å². The third-order valence-electron chi connectivity index (χ3n) is 6.59. The summed E-state index contributed by atoms with van der Waals surface area (Å²) in [5.74, 6) is -0.117. The van der Waals surface area contributed by atoms with Crippen LogP contribution in [0.4, 0.5) is 5.69 Å². The van der Waals surface area contributed by atoms with Crippen LogP contribution < -0.4 is 10.9 Å². The van der Waals surface area contributed by atoms with E-state index in [1.807, 2.05) is 25.1 Å². The Morgan fingerprint density at radius 3 is 2.45 bits per heavy atom. The molecule has 0 aliphatic carbocycles. The average molecular weight is 464 g/mol. The number of aromatic nitrogens is 1. The Labute approximate surface area is 192 Å². The van der Waals surface area contributed by atoms with E-state index in [1.165, 1.54) is 16.4 Å². The maximum absolute atomic E-state index is 13.4. The normalized spacial score (nSPS) is 20.2. The van der Waals surface area contributed by atoms with E-state index in [2.05, 4.69) is 5.32 Å². The maximum atomic E-state index is 13.4. The number of hydrogen-bond acceptors (Lipinski definition) is 4. The lowest BCUT2D eigenvalue weighted by Crippen LogP contribution is -2.48. The molecule has 33 heavy (non-hydrogen) atoms. The standard InChI is InChI=1S/C25H25N3O4S/c1-17-5-2-3-6-22(17)25(30)26-20-9-11-21(12-10-20)33(31,32)27-14-18-13-19(16-27)23-7-4-8-24(29)28(23)15-18/h2-12,18-19H,13-16H2,1H3,(H,26,30)/t18-,19-/m0/s1. The van der Waals surface area contributed by atoms with E-state index >= 15 is 0 Å². The number of anilines is 1. The summed E-state index contributed by atoms with van der Waals surface area (Å²) in [5, 5.41) is 2.83. The molecule has 1 fully saturated rings. The molecule has 2 atom stereocenters. The van der Waals surface area contributed by atoms with Crippen LogP contribution >= 0.6 is 0 Å². The first-order chi connectivity index (χ1) is 15.8. The molecule has 2 aliphatic rings. The van der Waals surface area contributed by atoms with E-state index in [-0.39, 0.29) is 28.2 Å². The zero-order chi connectivity index (χ0) is 23.2. The van der Waals surface area contributed by atoms with E-state index < -0.39 is 10.0 Å². The number of carbonyl (C=O) groups excluding carboxylic acids is 1. The molecule has 0 unspecified atom stereocenters. The zero-order valence-electron chi connectivity index (χ0n) is 18.3. The third kappa shape index (κ3) is 4.00. The van der Waals surface area contributed by atoms with E-state index in [4.69, 9.17) is 0 Å². The van der Waals surface area contributed by atoms with Gasteiger partial charge in [0.2, 0.25) is 10.0 Å². The Bertz CT molecular complexity index is 1380. The number of nitrogens with one attached hydrogen (secondary N) is 1. The number of nitrogens with zero attached hydrogens (tertiary/aromatic N) is 2. The molecule has 7 nitrogen and oxygen atoms in total. The van der Waals surface area contributed by atoms with Gasteiger partial charge in [-0.2, -0.15) is 4.31 Å². The van der Waals surface area contributed by atoms with Crippen LogP contribution in [0.2, 0.25) is 0 Å². The van der Waals surface area contributed by atoms with Gasteiger partial charge >= 0.3 is 0 Å². The first-order valence-electron chi connectivity index (χ1n) is 11.0. The van der Waals surface area contributed by atoms with E-state index in [9.17, 15) is 18.0 Å². The second-order valence-electron chi connectivity index (χ2n) is 8.81. The lowest BCUT2D eigenvalue weighted by molar-refractivity contribution is 0.102. The molecule has 1 aromatic heterocycles. The van der Waals surface area contributed by atoms with Crippen molar-refractivity contribution in [1.82, 2.24) is 8.87 Å². The molecule has 2 aliphatic heterocycles. The van der Waals surface area contributed by atoms with Crippen LogP contribution in [0.5, 0.6) is 0 Å². The molecular weight excluding hydrogens is 438 g/mol. The molecule has 1 saturated heterocycles. The smallest absolute Gasteiger partial charge is 0.255 e. The lowest BCUT2D eigenvalue weighted by Gasteiger charge is -2.42. The highest BCUT2D eigenvalue weighted by Crippen LogP contribution is 2.37. The number of benzene rings is 2. The number of aryl methyl sites for hydroxylation is 1. The number of amides is 1. The molecule has 2 bridgehead atoms. The van der Waals surface area contributed by atoms with Crippen LogP contribution in [-0.4, -0.2) is 36.3 Å². The van der Waals surface area contributed by atoms with Gasteiger partial charge in [0.1, 0.15) is 0 Å². The molecule has 5 rings (SSSR count). The minimum absolute atomic E-state index is 0.00819. The van der Waals surface area contributed by atoms with Gasteiger partial charge in [-0.1, -0.05) is 24.3 Å². The van der Waals surface area contributed by atoms with Crippen LogP contribution in [0.3, 0.4) is 0 Å². The molecule has 1 amide bonds. The number of rotatable bonds is 4. The van der Waals surface area contributed by atoms with E-state index in [0.717, 1.165) is 17.7 Å². The van der Waals surface area contributed by atoms with Crippen molar-refractivity contribution in [2.24, 2.45) is 5.92 Å². The van der Waals surface area contributed by atoms with Crippen molar-refractivity contribution in [3.8, 4) is 0 Å². The van der Waals surface area contributed by atoms with E-state index in [1.54, 1.807) is 41.0 Å². The first kappa shape index (κ1) is 21.6. The highest BCUT2D eigenvalue weighted by Gasteiger charge is 2.39. The van der Waals surface area contributed by atoms with Gasteiger partial charge in [0.15, 0.2) is 0 Å². The van der Waals surface area contributed by atoms with Crippen molar-refractivity contribution in [1.29, 1.82) is 0 Å². The summed E-state index contributed by atoms with van der Waals surface area (Å²) in [4.78, 5) is 24.9. The first-order valence-corrected chi connectivity index (χ1v) is 12.4. The predicted molar refractivity (Wildman–Crippen MR) is 126 cm³/mol. The van der Waals surface area contributed by atoms with Crippen molar-refractivity contribution in [3.05, 3.63) is 93.9 Å². The highest BCUT2D eigenvalue weighted by atomic mass is 32.2. The number of carbonyl (C=O) groups is 1. The van der Waals surface area contributed by atoms with Crippen molar-refractivity contribution in [2.75, 3.05) is 18.4 Å². The summed E-state index contributed by atoms with van der Waals surface area (Å²) >= 11 is 0. The van der Waals surface area contributed by atoms with Gasteiger partial charge in [-0.05, 0) is 61.2 Å². The van der Waals surface area contributed by atoms with Crippen molar-refractivity contribution < 1.29 is 13.2 Å². The number of pyridine rings is 1. The summed E-state index contributed by atoms with van der Waals surface area (Å²) in [6.07, 6.45) is 0.888. The van der Waals surface area contributed by atoms with Gasteiger partial charge in [0.05, 0.1) is 4.90 Å². The molecular formula is C25H25N3O4S. The molecule has 0 spiro atoms. The summed E-state index contributed by atoms with van der Waals surface area (Å²) in [7, 11) is -3.69.